The molecule has 0 aliphatic heterocycles. The van der Waals surface area contributed by atoms with E-state index in [1.54, 1.807) is 72.8 Å². The molecule has 1 N–H and O–H groups in total. The fourth-order valence-electron chi connectivity index (χ4n) is 4.66. The number of aromatic nitrogens is 1. The van der Waals surface area contributed by atoms with Crippen molar-refractivity contribution in [1.82, 2.24) is 3.97 Å². The van der Waals surface area contributed by atoms with E-state index in [4.69, 9.17) is 0 Å². The highest BCUT2D eigenvalue weighted by Gasteiger charge is 2.32. The summed E-state index contributed by atoms with van der Waals surface area (Å²) >= 11 is 0. The lowest BCUT2D eigenvalue weighted by Gasteiger charge is -2.26. The second-order valence-electron chi connectivity index (χ2n) is 8.86. The van der Waals surface area contributed by atoms with Crippen LogP contribution in [0.3, 0.4) is 0 Å². The van der Waals surface area contributed by atoms with Crippen LogP contribution in [0.4, 0.5) is 0 Å². The summed E-state index contributed by atoms with van der Waals surface area (Å²) in [6.45, 7) is 0. The van der Waals surface area contributed by atoms with Crippen LogP contribution < -0.4 is 0 Å². The van der Waals surface area contributed by atoms with Gasteiger partial charge in [0.05, 0.1) is 16.0 Å². The molecule has 5 nitrogen and oxygen atoms in total. The van der Waals surface area contributed by atoms with E-state index in [1.165, 1.54) is 12.1 Å². The minimum Gasteiger partial charge on any atom is -0.378 e. The highest BCUT2D eigenvalue weighted by molar-refractivity contribution is 7.90. The Kier molecular flexibility index (Phi) is 6.06. The summed E-state index contributed by atoms with van der Waals surface area (Å²) < 4.78 is 28.9. The highest BCUT2D eigenvalue weighted by atomic mass is 32.2. The molecule has 4 aromatic rings. The van der Waals surface area contributed by atoms with Gasteiger partial charge in [0, 0.05) is 10.9 Å². The van der Waals surface area contributed by atoms with Crippen molar-refractivity contribution in [2.24, 2.45) is 0 Å². The van der Waals surface area contributed by atoms with E-state index in [2.05, 4.69) is 11.8 Å². The predicted octanol–water partition coefficient (Wildman–Crippen LogP) is 5.16. The van der Waals surface area contributed by atoms with E-state index in [1.807, 2.05) is 0 Å². The van der Waals surface area contributed by atoms with E-state index >= 15 is 0 Å². The molecule has 1 aliphatic carbocycles. The van der Waals surface area contributed by atoms with Gasteiger partial charge in [-0.2, -0.15) is 0 Å². The standard InChI is InChI=1S/C29H25NO4S/c31-28(22-12-4-1-5-13-22)27-25(18-21-29(32)19-10-3-11-20-29)24-16-8-9-17-26(24)30(27)35(33,34)23-14-6-2-7-15-23/h1-2,4-9,12-17,32H,3,10-11,19-20H2. The molecule has 3 aromatic carbocycles. The van der Waals surface area contributed by atoms with Crippen molar-refractivity contribution in [2.45, 2.75) is 42.6 Å². The van der Waals surface area contributed by atoms with Crippen LogP contribution in [0, 0.1) is 11.8 Å². The molecule has 1 aromatic heterocycles. The van der Waals surface area contributed by atoms with Crippen molar-refractivity contribution >= 4 is 26.7 Å². The number of nitrogens with zero attached hydrogens (tertiary/aromatic N) is 1. The van der Waals surface area contributed by atoms with E-state index < -0.39 is 21.4 Å². The first-order chi connectivity index (χ1) is 16.9. The average Bonchev–Trinajstić information content (AvgIpc) is 3.23. The van der Waals surface area contributed by atoms with E-state index in [9.17, 15) is 18.3 Å². The zero-order chi connectivity index (χ0) is 24.5. The number of hydrogen-bond acceptors (Lipinski definition) is 4. The van der Waals surface area contributed by atoms with Gasteiger partial charge in [0.1, 0.15) is 11.3 Å². The molecule has 1 aliphatic rings. The van der Waals surface area contributed by atoms with Crippen molar-refractivity contribution in [1.29, 1.82) is 0 Å². The van der Waals surface area contributed by atoms with Crippen molar-refractivity contribution in [3.8, 4) is 11.8 Å². The molecule has 0 atom stereocenters. The molecule has 0 bridgehead atoms. The molecule has 6 heteroatoms. The molecular weight excluding hydrogens is 458 g/mol. The Hall–Kier alpha value is -3.66. The van der Waals surface area contributed by atoms with Crippen LogP contribution in [0.1, 0.15) is 53.7 Å². The molecule has 0 spiro atoms. The third kappa shape index (κ3) is 4.29. The van der Waals surface area contributed by atoms with Crippen molar-refractivity contribution in [2.75, 3.05) is 0 Å². The quantitative estimate of drug-likeness (QED) is 0.322. The van der Waals surface area contributed by atoms with Crippen molar-refractivity contribution < 1.29 is 18.3 Å². The summed E-state index contributed by atoms with van der Waals surface area (Å²) in [6.07, 6.45) is 3.93. The second-order valence-corrected chi connectivity index (χ2v) is 10.6. The normalized spacial score (nSPS) is 15.3. The minimum absolute atomic E-state index is 0.0202. The smallest absolute Gasteiger partial charge is 0.268 e. The van der Waals surface area contributed by atoms with Crippen LogP contribution in [-0.4, -0.2) is 28.9 Å². The van der Waals surface area contributed by atoms with Gasteiger partial charge in [0.15, 0.2) is 0 Å². The molecule has 0 amide bonds. The van der Waals surface area contributed by atoms with E-state index in [0.717, 1.165) is 23.2 Å². The summed E-state index contributed by atoms with van der Waals surface area (Å²) in [6, 6.07) is 23.6. The van der Waals surface area contributed by atoms with Crippen LogP contribution in [0.25, 0.3) is 10.9 Å². The summed E-state index contributed by atoms with van der Waals surface area (Å²) in [5.41, 5.74) is -0.122. The zero-order valence-corrected chi connectivity index (χ0v) is 20.0. The minimum atomic E-state index is -4.12. The number of fused-ring (bicyclic) bond motifs is 1. The Morgan fingerprint density at radius 1 is 0.829 bits per heavy atom. The molecule has 1 heterocycles. The lowest BCUT2D eigenvalue weighted by molar-refractivity contribution is 0.0610. The number of aliphatic hydroxyl groups is 1. The molecule has 0 radical (unpaired) electrons. The molecule has 35 heavy (non-hydrogen) atoms. The molecule has 5 rings (SSSR count). The topological polar surface area (TPSA) is 76.4 Å². The Morgan fingerprint density at radius 2 is 1.43 bits per heavy atom. The van der Waals surface area contributed by atoms with Gasteiger partial charge in [-0.3, -0.25) is 4.79 Å². The maximum absolute atomic E-state index is 13.9. The number of para-hydroxylation sites is 1. The Morgan fingerprint density at radius 3 is 2.11 bits per heavy atom. The third-order valence-electron chi connectivity index (χ3n) is 6.47. The van der Waals surface area contributed by atoms with Gasteiger partial charge in [-0.05, 0) is 43.9 Å². The van der Waals surface area contributed by atoms with Gasteiger partial charge < -0.3 is 5.11 Å². The van der Waals surface area contributed by atoms with Gasteiger partial charge >= 0.3 is 0 Å². The first kappa shape index (κ1) is 23.1. The van der Waals surface area contributed by atoms with Crippen molar-refractivity contribution in [3.05, 3.63) is 102 Å². The maximum Gasteiger partial charge on any atom is 0.268 e. The zero-order valence-electron chi connectivity index (χ0n) is 19.1. The predicted molar refractivity (Wildman–Crippen MR) is 136 cm³/mol. The molecule has 1 fully saturated rings. The lowest BCUT2D eigenvalue weighted by Crippen LogP contribution is -2.29. The van der Waals surface area contributed by atoms with Gasteiger partial charge in [-0.15, -0.1) is 0 Å². The third-order valence-corrected chi connectivity index (χ3v) is 8.19. The Labute approximate surface area is 205 Å². The van der Waals surface area contributed by atoms with Crippen LogP contribution in [0.5, 0.6) is 0 Å². The maximum atomic E-state index is 13.9. The molecule has 176 valence electrons. The van der Waals surface area contributed by atoms with Gasteiger partial charge in [0.2, 0.25) is 5.78 Å². The van der Waals surface area contributed by atoms with Crippen LogP contribution >= 0.6 is 0 Å². The molecule has 1 saturated carbocycles. The van der Waals surface area contributed by atoms with Gasteiger partial charge in [-0.1, -0.05) is 85.0 Å². The number of rotatable bonds is 4. The lowest BCUT2D eigenvalue weighted by atomic mass is 9.85. The Bertz CT molecular complexity index is 1550. The summed E-state index contributed by atoms with van der Waals surface area (Å²) in [4.78, 5) is 13.9. The SMILES string of the molecule is O=C(c1ccccc1)c1c(C#CC2(O)CCCCC2)c2ccccc2n1S(=O)(=O)c1ccccc1. The average molecular weight is 484 g/mol. The number of ketones is 1. The molecule has 0 saturated heterocycles. The number of carbonyl (C=O) groups excluding carboxylic acids is 1. The van der Waals surface area contributed by atoms with Crippen LogP contribution in [0.15, 0.2) is 89.8 Å². The van der Waals surface area contributed by atoms with Gasteiger partial charge in [0.25, 0.3) is 10.0 Å². The summed E-state index contributed by atoms with van der Waals surface area (Å²) in [5, 5.41) is 11.6. The molecule has 0 unspecified atom stereocenters. The monoisotopic (exact) mass is 483 g/mol. The first-order valence-corrected chi connectivity index (χ1v) is 13.1. The Balaban J connectivity index is 1.83. The summed E-state index contributed by atoms with van der Waals surface area (Å²) in [5.74, 6) is 5.61. The van der Waals surface area contributed by atoms with Crippen LogP contribution in [-0.2, 0) is 10.0 Å². The van der Waals surface area contributed by atoms with Crippen molar-refractivity contribution in [3.63, 3.8) is 0 Å². The second kappa shape index (κ2) is 9.18. The first-order valence-electron chi connectivity index (χ1n) is 11.7. The number of hydrogen-bond donors (Lipinski definition) is 1. The largest absolute Gasteiger partial charge is 0.378 e. The molecular formula is C29H25NO4S. The fraction of sp³-hybridized carbons (Fsp3) is 0.207. The summed E-state index contributed by atoms with van der Waals surface area (Å²) in [7, 11) is -4.12. The highest BCUT2D eigenvalue weighted by Crippen LogP contribution is 2.33. The van der Waals surface area contributed by atoms with E-state index in [0.29, 0.717) is 34.9 Å². The fourth-order valence-corrected chi connectivity index (χ4v) is 6.20. The van der Waals surface area contributed by atoms with Crippen LogP contribution in [0.2, 0.25) is 0 Å². The number of carbonyl (C=O) groups is 1. The van der Waals surface area contributed by atoms with Gasteiger partial charge in [-0.25, -0.2) is 12.4 Å². The van der Waals surface area contributed by atoms with E-state index in [-0.39, 0.29) is 10.6 Å². The number of benzene rings is 3.